The van der Waals surface area contributed by atoms with E-state index in [2.05, 4.69) is 0 Å². The molecule has 1 amide bonds. The van der Waals surface area contributed by atoms with Gasteiger partial charge in [0.1, 0.15) is 0 Å². The lowest BCUT2D eigenvalue weighted by Gasteiger charge is -2.46. The molecule has 1 N–H and O–H groups in total. The molecule has 0 spiro atoms. The summed E-state index contributed by atoms with van der Waals surface area (Å²) in [4.78, 5) is 25.4. The molecule has 1 aliphatic heterocycles. The molecular weight excluding hydrogens is 230 g/mol. The number of rotatable bonds is 3. The summed E-state index contributed by atoms with van der Waals surface area (Å²) in [6, 6.07) is 7.01. The van der Waals surface area contributed by atoms with Gasteiger partial charge in [0.05, 0.1) is 6.61 Å². The lowest BCUT2D eigenvalue weighted by atomic mass is 9.82. The molecule has 1 aromatic rings. The molecular formula is C14H17NO3. The highest BCUT2D eigenvalue weighted by atomic mass is 16.3. The fourth-order valence-electron chi connectivity index (χ4n) is 2.17. The van der Waals surface area contributed by atoms with E-state index >= 15 is 0 Å². The number of aliphatic hydroxyl groups is 1. The minimum absolute atomic E-state index is 0.0371. The molecule has 1 heterocycles. The molecule has 4 heteroatoms. The first-order valence-corrected chi connectivity index (χ1v) is 5.96. The topological polar surface area (TPSA) is 57.6 Å². The summed E-state index contributed by atoms with van der Waals surface area (Å²) < 4.78 is 0. The predicted molar refractivity (Wildman–Crippen MR) is 67.3 cm³/mol. The van der Waals surface area contributed by atoms with Crippen LogP contribution in [0.25, 0.3) is 0 Å². The van der Waals surface area contributed by atoms with E-state index in [1.54, 1.807) is 18.2 Å². The van der Waals surface area contributed by atoms with Gasteiger partial charge in [-0.3, -0.25) is 9.59 Å². The first-order chi connectivity index (χ1) is 8.45. The number of carbonyl (C=O) groups excluding carboxylic acids is 2. The molecule has 1 saturated heterocycles. The van der Waals surface area contributed by atoms with Crippen LogP contribution in [-0.2, 0) is 4.79 Å². The van der Waals surface area contributed by atoms with Crippen molar-refractivity contribution in [2.75, 3.05) is 19.7 Å². The average molecular weight is 247 g/mol. The van der Waals surface area contributed by atoms with Crippen molar-refractivity contribution in [3.05, 3.63) is 35.4 Å². The summed E-state index contributed by atoms with van der Waals surface area (Å²) in [6.45, 7) is 4.71. The number of likely N-dealkylation sites (tertiary alicyclic amines) is 1. The second kappa shape index (κ2) is 4.53. The molecule has 1 aromatic carbocycles. The third kappa shape index (κ3) is 2.29. The summed E-state index contributed by atoms with van der Waals surface area (Å²) in [5, 5.41) is 9.11. The van der Waals surface area contributed by atoms with Gasteiger partial charge in [-0.15, -0.1) is 0 Å². The third-order valence-electron chi connectivity index (χ3n) is 3.29. The molecule has 0 saturated carbocycles. The number of aliphatic hydroxyl groups excluding tert-OH is 1. The summed E-state index contributed by atoms with van der Waals surface area (Å²) in [5.74, 6) is -0.954. The fraction of sp³-hybridized carbons (Fsp3) is 0.429. The molecule has 96 valence electrons. The lowest BCUT2D eigenvalue weighted by molar-refractivity contribution is -0.139. The highest BCUT2D eigenvalue weighted by molar-refractivity contribution is 6.42. The molecule has 0 bridgehead atoms. The molecule has 1 fully saturated rings. The van der Waals surface area contributed by atoms with Crippen LogP contribution in [0, 0.1) is 12.3 Å². The molecule has 2 rings (SSSR count). The van der Waals surface area contributed by atoms with E-state index in [4.69, 9.17) is 5.11 Å². The van der Waals surface area contributed by atoms with Gasteiger partial charge in [0.2, 0.25) is 5.78 Å². The highest BCUT2D eigenvalue weighted by Gasteiger charge is 2.42. The Kier molecular flexibility index (Phi) is 3.22. The zero-order chi connectivity index (χ0) is 13.3. The molecule has 0 aromatic heterocycles. The number of carbonyl (C=O) groups is 2. The minimum Gasteiger partial charge on any atom is -0.396 e. The standard InChI is InChI=1S/C14H17NO3/c1-10-4-3-5-11(6-10)12(17)13(18)15-7-14(2,8-15)9-16/h3-6,16H,7-9H2,1-2H3. The Morgan fingerprint density at radius 3 is 2.61 bits per heavy atom. The second-order valence-corrected chi connectivity index (χ2v) is 5.33. The number of Topliss-reactive ketones (excluding diaryl/α,β-unsaturated/α-hetero) is 1. The van der Waals surface area contributed by atoms with E-state index in [0.717, 1.165) is 5.56 Å². The summed E-state index contributed by atoms with van der Waals surface area (Å²) >= 11 is 0. The van der Waals surface area contributed by atoms with Crippen molar-refractivity contribution in [2.45, 2.75) is 13.8 Å². The third-order valence-corrected chi connectivity index (χ3v) is 3.29. The van der Waals surface area contributed by atoms with Crippen LogP contribution in [0.4, 0.5) is 0 Å². The van der Waals surface area contributed by atoms with Crippen LogP contribution in [0.2, 0.25) is 0 Å². The van der Waals surface area contributed by atoms with Crippen molar-refractivity contribution in [3.8, 4) is 0 Å². The Bertz CT molecular complexity index is 490. The van der Waals surface area contributed by atoms with Crippen LogP contribution in [0.1, 0.15) is 22.8 Å². The van der Waals surface area contributed by atoms with Crippen LogP contribution in [0.5, 0.6) is 0 Å². The lowest BCUT2D eigenvalue weighted by Crippen LogP contribution is -2.60. The summed E-state index contributed by atoms with van der Waals surface area (Å²) in [5.41, 5.74) is 1.14. The molecule has 0 atom stereocenters. The first kappa shape index (κ1) is 12.8. The maximum absolute atomic E-state index is 12.0. The van der Waals surface area contributed by atoms with Gasteiger partial charge in [-0.05, 0) is 13.0 Å². The van der Waals surface area contributed by atoms with Gasteiger partial charge in [0.15, 0.2) is 0 Å². The van der Waals surface area contributed by atoms with Crippen molar-refractivity contribution in [2.24, 2.45) is 5.41 Å². The van der Waals surface area contributed by atoms with E-state index in [1.807, 2.05) is 19.9 Å². The molecule has 1 aliphatic rings. The monoisotopic (exact) mass is 247 g/mol. The van der Waals surface area contributed by atoms with E-state index in [9.17, 15) is 9.59 Å². The molecule has 4 nitrogen and oxygen atoms in total. The Balaban J connectivity index is 2.05. The minimum atomic E-state index is -0.480. The number of aryl methyl sites for hydroxylation is 1. The second-order valence-electron chi connectivity index (χ2n) is 5.33. The molecule has 0 radical (unpaired) electrons. The fourth-order valence-corrected chi connectivity index (χ4v) is 2.17. The Morgan fingerprint density at radius 1 is 1.39 bits per heavy atom. The van der Waals surface area contributed by atoms with Crippen LogP contribution in [0.15, 0.2) is 24.3 Å². The van der Waals surface area contributed by atoms with E-state index < -0.39 is 11.7 Å². The predicted octanol–water partition coefficient (Wildman–Crippen LogP) is 1.02. The summed E-state index contributed by atoms with van der Waals surface area (Å²) in [7, 11) is 0. The van der Waals surface area contributed by atoms with Gasteiger partial charge < -0.3 is 10.0 Å². The quantitative estimate of drug-likeness (QED) is 0.641. The van der Waals surface area contributed by atoms with Crippen LogP contribution in [-0.4, -0.2) is 41.4 Å². The summed E-state index contributed by atoms with van der Waals surface area (Å²) in [6.07, 6.45) is 0. The van der Waals surface area contributed by atoms with Crippen LogP contribution in [0.3, 0.4) is 0 Å². The molecule has 0 aliphatic carbocycles. The van der Waals surface area contributed by atoms with Crippen molar-refractivity contribution in [3.63, 3.8) is 0 Å². The van der Waals surface area contributed by atoms with Gasteiger partial charge in [0.25, 0.3) is 5.91 Å². The number of nitrogens with zero attached hydrogens (tertiary/aromatic N) is 1. The van der Waals surface area contributed by atoms with E-state index in [-0.39, 0.29) is 12.0 Å². The highest BCUT2D eigenvalue weighted by Crippen LogP contribution is 2.29. The van der Waals surface area contributed by atoms with E-state index in [0.29, 0.717) is 18.7 Å². The Morgan fingerprint density at radius 2 is 2.06 bits per heavy atom. The largest absolute Gasteiger partial charge is 0.396 e. The van der Waals surface area contributed by atoms with Crippen molar-refractivity contribution in [1.82, 2.24) is 4.90 Å². The zero-order valence-corrected chi connectivity index (χ0v) is 10.6. The van der Waals surface area contributed by atoms with Crippen LogP contribution >= 0.6 is 0 Å². The number of benzene rings is 1. The first-order valence-electron chi connectivity index (χ1n) is 5.96. The Hall–Kier alpha value is -1.68. The van der Waals surface area contributed by atoms with Crippen LogP contribution < -0.4 is 0 Å². The van der Waals surface area contributed by atoms with Gasteiger partial charge in [-0.25, -0.2) is 0 Å². The van der Waals surface area contributed by atoms with Crippen molar-refractivity contribution >= 4 is 11.7 Å². The maximum atomic E-state index is 12.0. The van der Waals surface area contributed by atoms with Gasteiger partial charge in [-0.1, -0.05) is 30.7 Å². The van der Waals surface area contributed by atoms with Crippen molar-refractivity contribution in [1.29, 1.82) is 0 Å². The normalized spacial score (nSPS) is 17.2. The maximum Gasteiger partial charge on any atom is 0.294 e. The molecule has 18 heavy (non-hydrogen) atoms. The molecule has 0 unspecified atom stereocenters. The van der Waals surface area contributed by atoms with Gasteiger partial charge in [-0.2, -0.15) is 0 Å². The van der Waals surface area contributed by atoms with Crippen molar-refractivity contribution < 1.29 is 14.7 Å². The van der Waals surface area contributed by atoms with Gasteiger partial charge >= 0.3 is 0 Å². The number of amides is 1. The number of hydrogen-bond donors (Lipinski definition) is 1. The Labute approximate surface area is 106 Å². The number of ketones is 1. The number of hydrogen-bond acceptors (Lipinski definition) is 3. The SMILES string of the molecule is Cc1cccc(C(=O)C(=O)N2CC(C)(CO)C2)c1. The van der Waals surface area contributed by atoms with Gasteiger partial charge in [0, 0.05) is 24.1 Å². The average Bonchev–Trinajstić information content (AvgIpc) is 2.33. The smallest absolute Gasteiger partial charge is 0.294 e. The van der Waals surface area contributed by atoms with E-state index in [1.165, 1.54) is 4.90 Å². The zero-order valence-electron chi connectivity index (χ0n) is 10.6.